The summed E-state index contributed by atoms with van der Waals surface area (Å²) in [6, 6.07) is 1.26. The summed E-state index contributed by atoms with van der Waals surface area (Å²) in [7, 11) is 0. The van der Waals surface area contributed by atoms with Gasteiger partial charge in [0.2, 0.25) is 0 Å². The third kappa shape index (κ3) is 2.99. The van der Waals surface area contributed by atoms with E-state index in [1.54, 1.807) is 0 Å². The minimum atomic E-state index is -4.81. The van der Waals surface area contributed by atoms with Gasteiger partial charge in [0, 0.05) is 22.2 Å². The zero-order chi connectivity index (χ0) is 14.1. The molecule has 0 spiro atoms. The van der Waals surface area contributed by atoms with Gasteiger partial charge in [-0.05, 0) is 15.9 Å². The van der Waals surface area contributed by atoms with Crippen molar-refractivity contribution in [2.45, 2.75) is 6.18 Å². The molecular formula is C9H4BrClF3NO3. The minimum Gasteiger partial charge on any atom is -0.293 e. The number of ketones is 1. The van der Waals surface area contributed by atoms with Crippen molar-refractivity contribution in [2.75, 3.05) is 5.88 Å². The maximum absolute atomic E-state index is 12.7. The van der Waals surface area contributed by atoms with Gasteiger partial charge in [0.05, 0.1) is 16.4 Å². The molecule has 0 atom stereocenters. The normalized spacial score (nSPS) is 11.4. The Balaban J connectivity index is 3.60. The molecular weight excluding hydrogens is 342 g/mol. The molecule has 4 nitrogen and oxygen atoms in total. The molecule has 18 heavy (non-hydrogen) atoms. The van der Waals surface area contributed by atoms with E-state index in [1.807, 2.05) is 0 Å². The monoisotopic (exact) mass is 345 g/mol. The number of alkyl halides is 4. The predicted molar refractivity (Wildman–Crippen MR) is 60.8 cm³/mol. The summed E-state index contributed by atoms with van der Waals surface area (Å²) in [6.07, 6.45) is -4.81. The summed E-state index contributed by atoms with van der Waals surface area (Å²) in [5, 5.41) is 10.5. The average Bonchev–Trinajstić information content (AvgIpc) is 2.24. The van der Waals surface area contributed by atoms with Crippen LogP contribution in [0.25, 0.3) is 0 Å². The smallest absolute Gasteiger partial charge is 0.293 e. The van der Waals surface area contributed by atoms with Crippen LogP contribution in [0, 0.1) is 10.1 Å². The van der Waals surface area contributed by atoms with Crippen LogP contribution in [0.15, 0.2) is 16.6 Å². The predicted octanol–water partition coefficient (Wildman–Crippen LogP) is 3.80. The summed E-state index contributed by atoms with van der Waals surface area (Å²) in [6.45, 7) is 0. The highest BCUT2D eigenvalue weighted by Gasteiger charge is 2.38. The number of nitro benzene ring substituents is 1. The molecule has 0 amide bonds. The molecule has 0 radical (unpaired) electrons. The summed E-state index contributed by atoms with van der Waals surface area (Å²) >= 11 is 7.77. The van der Waals surface area contributed by atoms with Crippen molar-refractivity contribution in [1.82, 2.24) is 0 Å². The number of hydrogen-bond donors (Lipinski definition) is 0. The van der Waals surface area contributed by atoms with Gasteiger partial charge in [-0.25, -0.2) is 0 Å². The van der Waals surface area contributed by atoms with Gasteiger partial charge in [0.15, 0.2) is 5.78 Å². The van der Waals surface area contributed by atoms with Crippen LogP contribution in [-0.2, 0) is 6.18 Å². The molecule has 0 saturated heterocycles. The quantitative estimate of drug-likeness (QED) is 0.362. The van der Waals surface area contributed by atoms with E-state index in [4.69, 9.17) is 11.6 Å². The Morgan fingerprint density at radius 2 is 2.00 bits per heavy atom. The molecule has 98 valence electrons. The molecule has 0 N–H and O–H groups in total. The van der Waals surface area contributed by atoms with Crippen molar-refractivity contribution in [2.24, 2.45) is 0 Å². The number of carbonyl (C=O) groups excluding carboxylic acids is 1. The number of benzene rings is 1. The third-order valence-corrected chi connectivity index (χ3v) is 2.86. The van der Waals surface area contributed by atoms with E-state index < -0.39 is 44.0 Å². The fourth-order valence-corrected chi connectivity index (χ4v) is 2.09. The minimum absolute atomic E-state index is 0.568. The molecule has 0 aliphatic carbocycles. The first kappa shape index (κ1) is 14.9. The molecule has 0 aromatic heterocycles. The molecule has 0 bridgehead atoms. The maximum atomic E-state index is 12.7. The van der Waals surface area contributed by atoms with E-state index in [1.165, 1.54) is 0 Å². The van der Waals surface area contributed by atoms with Crippen LogP contribution < -0.4 is 0 Å². The van der Waals surface area contributed by atoms with Crippen LogP contribution in [0.3, 0.4) is 0 Å². The van der Waals surface area contributed by atoms with Crippen molar-refractivity contribution in [1.29, 1.82) is 0 Å². The molecule has 1 aromatic rings. The van der Waals surface area contributed by atoms with E-state index >= 15 is 0 Å². The molecule has 1 aromatic carbocycles. The molecule has 0 aliphatic heterocycles. The number of carbonyl (C=O) groups is 1. The summed E-state index contributed by atoms with van der Waals surface area (Å²) in [4.78, 5) is 21.0. The molecule has 0 aliphatic rings. The van der Waals surface area contributed by atoms with Crippen LogP contribution in [0.1, 0.15) is 15.9 Å². The van der Waals surface area contributed by atoms with Gasteiger partial charge < -0.3 is 0 Å². The summed E-state index contributed by atoms with van der Waals surface area (Å²) in [5.41, 5.74) is -2.71. The molecule has 0 heterocycles. The van der Waals surface area contributed by atoms with Crippen LogP contribution in [-0.4, -0.2) is 16.6 Å². The van der Waals surface area contributed by atoms with Crippen molar-refractivity contribution in [3.05, 3.63) is 37.8 Å². The molecule has 1 rings (SSSR count). The van der Waals surface area contributed by atoms with Gasteiger partial charge in [0.25, 0.3) is 5.69 Å². The van der Waals surface area contributed by atoms with Crippen molar-refractivity contribution < 1.29 is 22.9 Å². The first-order valence-electron chi connectivity index (χ1n) is 4.32. The number of non-ortho nitro benzene ring substituents is 1. The van der Waals surface area contributed by atoms with E-state index in [0.717, 1.165) is 0 Å². The lowest BCUT2D eigenvalue weighted by Gasteiger charge is -2.13. The highest BCUT2D eigenvalue weighted by atomic mass is 79.9. The third-order valence-electron chi connectivity index (χ3n) is 1.99. The zero-order valence-corrected chi connectivity index (χ0v) is 10.8. The Kier molecular flexibility index (Phi) is 4.33. The fraction of sp³-hybridized carbons (Fsp3) is 0.222. The van der Waals surface area contributed by atoms with E-state index in [9.17, 15) is 28.1 Å². The maximum Gasteiger partial charge on any atom is 0.418 e. The Bertz CT molecular complexity index is 519. The van der Waals surface area contributed by atoms with Crippen molar-refractivity contribution >= 4 is 39.0 Å². The second-order valence-electron chi connectivity index (χ2n) is 3.16. The van der Waals surface area contributed by atoms with Gasteiger partial charge in [-0.2, -0.15) is 13.2 Å². The van der Waals surface area contributed by atoms with Gasteiger partial charge in [0.1, 0.15) is 0 Å². The Morgan fingerprint density at radius 1 is 1.44 bits per heavy atom. The number of Topliss-reactive ketones (excluding diaryl/α,β-unsaturated/α-hetero) is 1. The lowest BCUT2D eigenvalue weighted by molar-refractivity contribution is -0.385. The largest absolute Gasteiger partial charge is 0.418 e. The highest BCUT2D eigenvalue weighted by Crippen LogP contribution is 2.39. The van der Waals surface area contributed by atoms with Crippen LogP contribution in [0.5, 0.6) is 0 Å². The number of nitro groups is 1. The van der Waals surface area contributed by atoms with Gasteiger partial charge >= 0.3 is 6.18 Å². The Hall–Kier alpha value is -1.15. The lowest BCUT2D eigenvalue weighted by atomic mass is 10.0. The summed E-state index contributed by atoms with van der Waals surface area (Å²) in [5.74, 6) is -1.73. The molecule has 9 heteroatoms. The topological polar surface area (TPSA) is 60.2 Å². The summed E-state index contributed by atoms with van der Waals surface area (Å²) < 4.78 is 37.7. The van der Waals surface area contributed by atoms with Crippen LogP contribution in [0.4, 0.5) is 18.9 Å². The number of nitrogens with zero attached hydrogens (tertiary/aromatic N) is 1. The zero-order valence-electron chi connectivity index (χ0n) is 8.42. The van der Waals surface area contributed by atoms with E-state index in [0.29, 0.717) is 12.1 Å². The Morgan fingerprint density at radius 3 is 2.39 bits per heavy atom. The first-order chi connectivity index (χ1) is 8.18. The number of hydrogen-bond acceptors (Lipinski definition) is 3. The van der Waals surface area contributed by atoms with Gasteiger partial charge in [-0.15, -0.1) is 11.6 Å². The first-order valence-corrected chi connectivity index (χ1v) is 5.65. The second-order valence-corrected chi connectivity index (χ2v) is 4.28. The fourth-order valence-electron chi connectivity index (χ4n) is 1.28. The van der Waals surface area contributed by atoms with E-state index in [2.05, 4.69) is 15.9 Å². The lowest BCUT2D eigenvalue weighted by Crippen LogP contribution is -2.15. The average molecular weight is 346 g/mol. The van der Waals surface area contributed by atoms with Crippen LogP contribution >= 0.6 is 27.5 Å². The Labute approximate surface area is 112 Å². The second kappa shape index (κ2) is 5.23. The van der Waals surface area contributed by atoms with Crippen LogP contribution in [0.2, 0.25) is 0 Å². The molecule has 0 fully saturated rings. The SMILES string of the molecule is O=C(CCl)c1cc([N+](=O)[O-])cc(Br)c1C(F)(F)F. The van der Waals surface area contributed by atoms with Crippen molar-refractivity contribution in [3.63, 3.8) is 0 Å². The number of rotatable bonds is 3. The highest BCUT2D eigenvalue weighted by molar-refractivity contribution is 9.10. The van der Waals surface area contributed by atoms with Crippen molar-refractivity contribution in [3.8, 4) is 0 Å². The molecule has 0 saturated carbocycles. The van der Waals surface area contributed by atoms with E-state index in [-0.39, 0.29) is 0 Å². The van der Waals surface area contributed by atoms with Gasteiger partial charge in [-0.1, -0.05) is 0 Å². The van der Waals surface area contributed by atoms with Gasteiger partial charge in [-0.3, -0.25) is 14.9 Å². The molecule has 0 unspecified atom stereocenters. The standard InChI is InChI=1S/C9H4BrClF3NO3/c10-6-2-4(15(17)18)1-5(7(16)3-11)8(6)9(12,13)14/h1-2H,3H2. The number of halogens is 5.